The molecule has 4 aliphatic rings. The monoisotopic (exact) mass is 236 g/mol. The number of carboxylic acid groups (broad SMARTS) is 1. The van der Waals surface area contributed by atoms with Crippen LogP contribution in [0.4, 0.5) is 0 Å². The molecule has 4 rings (SSSR count). The Hall–Kier alpha value is -0.870. The van der Waals surface area contributed by atoms with Gasteiger partial charge in [0.2, 0.25) is 0 Å². The molecular weight excluding hydrogens is 216 g/mol. The molecule has 0 aromatic heterocycles. The largest absolute Gasteiger partial charge is 0.478 e. The second kappa shape index (κ2) is 3.82. The zero-order chi connectivity index (χ0) is 12.0. The first-order valence-electron chi connectivity index (χ1n) is 6.53. The molecule has 0 aromatic carbocycles. The number of carbonyl (C=O) groups is 1. The average Bonchev–Trinajstić information content (AvgIpc) is 2.22. The van der Waals surface area contributed by atoms with E-state index >= 15 is 0 Å². The minimum absolute atomic E-state index is 0.132. The summed E-state index contributed by atoms with van der Waals surface area (Å²) in [7, 11) is 0. The summed E-state index contributed by atoms with van der Waals surface area (Å²) in [4.78, 5) is 16.0. The normalized spacial score (nSPS) is 45.5. The van der Waals surface area contributed by atoms with Crippen LogP contribution in [0.3, 0.4) is 0 Å². The summed E-state index contributed by atoms with van der Waals surface area (Å²) in [5.74, 6) is -0.318. The van der Waals surface area contributed by atoms with Crippen molar-refractivity contribution < 1.29 is 9.90 Å². The van der Waals surface area contributed by atoms with Crippen molar-refractivity contribution in [3.8, 4) is 0 Å². The van der Waals surface area contributed by atoms with E-state index in [0.717, 1.165) is 45.7 Å². The molecule has 4 heterocycles. The number of hydrogen-bond acceptors (Lipinski definition) is 3. The van der Waals surface area contributed by atoms with Crippen LogP contribution in [0.5, 0.6) is 0 Å². The van der Waals surface area contributed by atoms with Gasteiger partial charge in [0.15, 0.2) is 0 Å². The molecule has 4 fully saturated rings. The second-order valence-electron chi connectivity index (χ2n) is 5.83. The Morgan fingerprint density at radius 3 is 2.65 bits per heavy atom. The van der Waals surface area contributed by atoms with Crippen LogP contribution in [0.25, 0.3) is 0 Å². The predicted octanol–water partition coefficient (Wildman–Crippen LogP) is 1.00. The Morgan fingerprint density at radius 2 is 2.12 bits per heavy atom. The van der Waals surface area contributed by atoms with Gasteiger partial charge in [-0.3, -0.25) is 9.80 Å². The second-order valence-corrected chi connectivity index (χ2v) is 5.83. The summed E-state index contributed by atoms with van der Waals surface area (Å²) in [5, 5.41) is 9.08. The average molecular weight is 236 g/mol. The van der Waals surface area contributed by atoms with E-state index in [4.69, 9.17) is 5.11 Å². The van der Waals surface area contributed by atoms with E-state index in [1.54, 1.807) is 0 Å². The van der Waals surface area contributed by atoms with Crippen molar-refractivity contribution in [3.63, 3.8) is 0 Å². The molecular formula is C13H20N2O2. The summed E-state index contributed by atoms with van der Waals surface area (Å²) < 4.78 is 0. The molecule has 2 atom stereocenters. The lowest BCUT2D eigenvalue weighted by molar-refractivity contribution is -0.132. The SMILES string of the molecule is CCCC12CN3CC(CN(C3)C1)/C2=C\C(=O)O. The molecule has 17 heavy (non-hydrogen) atoms. The summed E-state index contributed by atoms with van der Waals surface area (Å²) in [6.07, 6.45) is 3.77. The topological polar surface area (TPSA) is 43.8 Å². The van der Waals surface area contributed by atoms with Crippen molar-refractivity contribution in [2.75, 3.05) is 32.8 Å². The van der Waals surface area contributed by atoms with Crippen molar-refractivity contribution in [2.45, 2.75) is 19.8 Å². The molecule has 4 aliphatic heterocycles. The maximum absolute atomic E-state index is 11.0. The molecule has 94 valence electrons. The van der Waals surface area contributed by atoms with E-state index in [9.17, 15) is 4.79 Å². The molecule has 4 nitrogen and oxygen atoms in total. The highest BCUT2D eigenvalue weighted by Gasteiger charge is 2.52. The fourth-order valence-electron chi connectivity index (χ4n) is 4.21. The Kier molecular flexibility index (Phi) is 2.52. The van der Waals surface area contributed by atoms with Gasteiger partial charge < -0.3 is 5.11 Å². The highest BCUT2D eigenvalue weighted by Crippen LogP contribution is 2.49. The molecule has 0 spiro atoms. The first kappa shape index (κ1) is 11.2. The van der Waals surface area contributed by atoms with Gasteiger partial charge in [-0.1, -0.05) is 13.3 Å². The maximum atomic E-state index is 11.0. The Bertz CT molecular complexity index is 364. The van der Waals surface area contributed by atoms with E-state index in [0.29, 0.717) is 5.92 Å². The van der Waals surface area contributed by atoms with Gasteiger partial charge in [-0.05, 0) is 12.0 Å². The summed E-state index contributed by atoms with van der Waals surface area (Å²) in [6, 6.07) is 0. The third kappa shape index (κ3) is 1.70. The molecule has 0 aromatic rings. The first-order chi connectivity index (χ1) is 8.13. The summed E-state index contributed by atoms with van der Waals surface area (Å²) in [5.41, 5.74) is 1.35. The molecule has 4 heteroatoms. The standard InChI is InChI=1S/C13H20N2O2/c1-2-3-13-7-14-5-10(6-15(8-13)9-14)11(13)4-12(16)17/h4,10H,2-3,5-9H2,1H3,(H,16,17)/b11-4+. The van der Waals surface area contributed by atoms with E-state index in [-0.39, 0.29) is 5.41 Å². The summed E-state index contributed by atoms with van der Waals surface area (Å²) >= 11 is 0. The molecule has 4 bridgehead atoms. The van der Waals surface area contributed by atoms with Crippen LogP contribution in [-0.4, -0.2) is 53.7 Å². The highest BCUT2D eigenvalue weighted by atomic mass is 16.4. The lowest BCUT2D eigenvalue weighted by Gasteiger charge is -2.61. The number of piperidine rings is 2. The number of nitrogens with zero attached hydrogens (tertiary/aromatic N) is 2. The van der Waals surface area contributed by atoms with Crippen molar-refractivity contribution >= 4 is 5.97 Å². The zero-order valence-corrected chi connectivity index (χ0v) is 10.4. The molecule has 1 N–H and O–H groups in total. The van der Waals surface area contributed by atoms with E-state index in [1.807, 2.05) is 0 Å². The van der Waals surface area contributed by atoms with Gasteiger partial charge in [0.1, 0.15) is 0 Å². The van der Waals surface area contributed by atoms with Gasteiger partial charge in [0.25, 0.3) is 0 Å². The predicted molar refractivity (Wildman–Crippen MR) is 64.6 cm³/mol. The quantitative estimate of drug-likeness (QED) is 0.743. The van der Waals surface area contributed by atoms with Crippen LogP contribution in [0, 0.1) is 11.3 Å². The minimum Gasteiger partial charge on any atom is -0.478 e. The van der Waals surface area contributed by atoms with Crippen molar-refractivity contribution in [1.82, 2.24) is 9.80 Å². The smallest absolute Gasteiger partial charge is 0.328 e. The Labute approximate surface area is 102 Å². The molecule has 4 saturated heterocycles. The van der Waals surface area contributed by atoms with Gasteiger partial charge >= 0.3 is 5.97 Å². The van der Waals surface area contributed by atoms with Crippen molar-refractivity contribution in [2.24, 2.45) is 11.3 Å². The molecule has 0 radical (unpaired) electrons. The van der Waals surface area contributed by atoms with Crippen LogP contribution in [-0.2, 0) is 4.79 Å². The van der Waals surface area contributed by atoms with Crippen LogP contribution < -0.4 is 0 Å². The van der Waals surface area contributed by atoms with E-state index in [2.05, 4.69) is 16.7 Å². The molecule has 0 amide bonds. The maximum Gasteiger partial charge on any atom is 0.328 e. The first-order valence-corrected chi connectivity index (χ1v) is 6.53. The fourth-order valence-corrected chi connectivity index (χ4v) is 4.21. The molecule has 2 unspecified atom stereocenters. The van der Waals surface area contributed by atoms with Gasteiger partial charge in [-0.15, -0.1) is 0 Å². The molecule has 0 saturated carbocycles. The lowest BCUT2D eigenvalue weighted by atomic mass is 9.64. The van der Waals surface area contributed by atoms with Crippen molar-refractivity contribution in [3.05, 3.63) is 11.6 Å². The number of rotatable bonds is 3. The Balaban J connectivity index is 1.98. The number of aliphatic carboxylic acids is 1. The van der Waals surface area contributed by atoms with Crippen LogP contribution in [0.2, 0.25) is 0 Å². The van der Waals surface area contributed by atoms with Crippen LogP contribution in [0.15, 0.2) is 11.6 Å². The van der Waals surface area contributed by atoms with Crippen LogP contribution in [0.1, 0.15) is 19.8 Å². The van der Waals surface area contributed by atoms with Crippen LogP contribution >= 0.6 is 0 Å². The highest BCUT2D eigenvalue weighted by molar-refractivity contribution is 5.81. The lowest BCUT2D eigenvalue weighted by Crippen LogP contribution is -2.68. The molecule has 0 aliphatic carbocycles. The third-order valence-electron chi connectivity index (χ3n) is 4.47. The zero-order valence-electron chi connectivity index (χ0n) is 10.4. The number of carboxylic acids is 1. The van der Waals surface area contributed by atoms with Gasteiger partial charge in [0, 0.05) is 43.6 Å². The fraction of sp³-hybridized carbons (Fsp3) is 0.769. The van der Waals surface area contributed by atoms with Gasteiger partial charge in [-0.25, -0.2) is 4.79 Å². The van der Waals surface area contributed by atoms with Crippen molar-refractivity contribution in [1.29, 1.82) is 0 Å². The van der Waals surface area contributed by atoms with Gasteiger partial charge in [0.05, 0.1) is 6.67 Å². The summed E-state index contributed by atoms with van der Waals surface area (Å²) in [6.45, 7) is 7.52. The van der Waals surface area contributed by atoms with E-state index < -0.39 is 5.97 Å². The number of hydrogen-bond donors (Lipinski definition) is 1. The van der Waals surface area contributed by atoms with E-state index in [1.165, 1.54) is 11.6 Å². The van der Waals surface area contributed by atoms with Gasteiger partial charge in [-0.2, -0.15) is 0 Å². The minimum atomic E-state index is -0.770. The Morgan fingerprint density at radius 1 is 1.47 bits per heavy atom. The third-order valence-corrected chi connectivity index (χ3v) is 4.47.